The van der Waals surface area contributed by atoms with Gasteiger partial charge in [0.1, 0.15) is 17.6 Å². The number of nitrogens with one attached hydrogen (secondary N) is 1. The van der Waals surface area contributed by atoms with E-state index in [0.29, 0.717) is 18.3 Å². The number of nitrogens with zero attached hydrogens (tertiary/aromatic N) is 1. The topological polar surface area (TPSA) is 69.7 Å². The van der Waals surface area contributed by atoms with Gasteiger partial charge in [-0.25, -0.2) is 4.98 Å². The summed E-state index contributed by atoms with van der Waals surface area (Å²) >= 11 is 1.41. The van der Waals surface area contributed by atoms with E-state index in [-0.39, 0.29) is 5.91 Å². The highest BCUT2D eigenvalue weighted by Gasteiger charge is 2.16. The molecule has 0 bridgehead atoms. The maximum Gasteiger partial charge on any atom is 0.255 e. The minimum absolute atomic E-state index is 0.234. The molecule has 0 radical (unpaired) electrons. The molecule has 1 heterocycles. The molecule has 3 rings (SSSR count). The average molecular weight is 386 g/mol. The molecule has 1 atom stereocenters. The largest absolute Gasteiger partial charge is 0.497 e. The van der Waals surface area contributed by atoms with Crippen LogP contribution in [0.15, 0.2) is 42.5 Å². The molecule has 142 valence electrons. The van der Waals surface area contributed by atoms with Crippen molar-refractivity contribution in [1.29, 1.82) is 0 Å². The predicted octanol–water partition coefficient (Wildman–Crippen LogP) is 4.25. The van der Waals surface area contributed by atoms with Crippen LogP contribution in [0.25, 0.3) is 10.2 Å². The van der Waals surface area contributed by atoms with Crippen molar-refractivity contribution in [2.75, 3.05) is 19.0 Å². The summed E-state index contributed by atoms with van der Waals surface area (Å²) in [7, 11) is 1.62. The van der Waals surface area contributed by atoms with Gasteiger partial charge in [0.05, 0.1) is 30.5 Å². The highest BCUT2D eigenvalue weighted by molar-refractivity contribution is 7.22. The van der Waals surface area contributed by atoms with Crippen molar-refractivity contribution in [2.45, 2.75) is 26.6 Å². The van der Waals surface area contributed by atoms with Gasteiger partial charge in [-0.05, 0) is 49.7 Å². The Balaban J connectivity index is 1.59. The van der Waals surface area contributed by atoms with Gasteiger partial charge < -0.3 is 14.2 Å². The first-order chi connectivity index (χ1) is 13.1. The van der Waals surface area contributed by atoms with Crippen molar-refractivity contribution in [3.63, 3.8) is 0 Å². The second-order valence-corrected chi connectivity index (χ2v) is 6.91. The minimum Gasteiger partial charge on any atom is -0.497 e. The van der Waals surface area contributed by atoms with Crippen molar-refractivity contribution in [1.82, 2.24) is 4.98 Å². The summed E-state index contributed by atoms with van der Waals surface area (Å²) in [6, 6.07) is 13.2. The lowest BCUT2D eigenvalue weighted by Gasteiger charge is -2.12. The van der Waals surface area contributed by atoms with Crippen molar-refractivity contribution >= 4 is 32.6 Å². The molecule has 0 aliphatic carbocycles. The van der Waals surface area contributed by atoms with Crippen molar-refractivity contribution in [2.24, 2.45) is 0 Å². The maximum atomic E-state index is 12.4. The minimum atomic E-state index is -0.609. The Hall–Kier alpha value is -2.64. The first-order valence-corrected chi connectivity index (χ1v) is 9.49. The zero-order valence-corrected chi connectivity index (χ0v) is 16.3. The fourth-order valence-electron chi connectivity index (χ4n) is 2.48. The highest BCUT2D eigenvalue weighted by Crippen LogP contribution is 2.29. The second-order valence-electron chi connectivity index (χ2n) is 5.88. The molecule has 2 aromatic carbocycles. The SMILES string of the molecule is CCOc1ccc2nc(NC(=O)C(C)OCc3cccc(OC)c3)sc2c1. The van der Waals surface area contributed by atoms with Gasteiger partial charge in [0, 0.05) is 0 Å². The third-order valence-electron chi connectivity index (χ3n) is 3.90. The number of thiazole rings is 1. The number of carbonyl (C=O) groups excluding carboxylic acids is 1. The number of amides is 1. The maximum absolute atomic E-state index is 12.4. The fraction of sp³-hybridized carbons (Fsp3) is 0.300. The number of anilines is 1. The van der Waals surface area contributed by atoms with Crippen LogP contribution in [-0.2, 0) is 16.1 Å². The number of fused-ring (bicyclic) bond motifs is 1. The summed E-state index contributed by atoms with van der Waals surface area (Å²) in [5.41, 5.74) is 1.76. The Morgan fingerprint density at radius 2 is 2.07 bits per heavy atom. The van der Waals surface area contributed by atoms with E-state index in [2.05, 4.69) is 10.3 Å². The van der Waals surface area contributed by atoms with Gasteiger partial charge in [0.25, 0.3) is 5.91 Å². The lowest BCUT2D eigenvalue weighted by atomic mass is 10.2. The summed E-state index contributed by atoms with van der Waals surface area (Å²) in [6.07, 6.45) is -0.609. The molecule has 0 saturated carbocycles. The molecule has 7 heteroatoms. The lowest BCUT2D eigenvalue weighted by molar-refractivity contribution is -0.127. The quantitative estimate of drug-likeness (QED) is 0.627. The smallest absolute Gasteiger partial charge is 0.255 e. The van der Waals surface area contributed by atoms with Gasteiger partial charge in [0.2, 0.25) is 0 Å². The van der Waals surface area contributed by atoms with Crippen LogP contribution in [0.1, 0.15) is 19.4 Å². The van der Waals surface area contributed by atoms with Gasteiger partial charge >= 0.3 is 0 Å². The summed E-state index contributed by atoms with van der Waals surface area (Å²) in [5.74, 6) is 1.32. The van der Waals surface area contributed by atoms with Crippen molar-refractivity contribution in [3.8, 4) is 11.5 Å². The monoisotopic (exact) mass is 386 g/mol. The van der Waals surface area contributed by atoms with E-state index in [1.54, 1.807) is 14.0 Å². The number of carbonyl (C=O) groups is 1. The van der Waals surface area contributed by atoms with Crippen LogP contribution in [0.4, 0.5) is 5.13 Å². The van der Waals surface area contributed by atoms with E-state index in [0.717, 1.165) is 27.3 Å². The van der Waals surface area contributed by atoms with Crippen LogP contribution < -0.4 is 14.8 Å². The van der Waals surface area contributed by atoms with Gasteiger partial charge in [-0.1, -0.05) is 23.5 Å². The Bertz CT molecular complexity index is 925. The molecule has 1 unspecified atom stereocenters. The second kappa shape index (κ2) is 8.83. The number of methoxy groups -OCH3 is 1. The normalized spacial score (nSPS) is 12.0. The number of aromatic nitrogens is 1. The third kappa shape index (κ3) is 4.96. The van der Waals surface area contributed by atoms with Crippen LogP contribution >= 0.6 is 11.3 Å². The Kier molecular flexibility index (Phi) is 6.26. The van der Waals surface area contributed by atoms with E-state index < -0.39 is 6.10 Å². The predicted molar refractivity (Wildman–Crippen MR) is 107 cm³/mol. The van der Waals surface area contributed by atoms with Crippen LogP contribution in [0.3, 0.4) is 0 Å². The van der Waals surface area contributed by atoms with E-state index >= 15 is 0 Å². The first-order valence-electron chi connectivity index (χ1n) is 8.68. The molecular formula is C20H22N2O4S. The zero-order chi connectivity index (χ0) is 19.2. The highest BCUT2D eigenvalue weighted by atomic mass is 32.1. The zero-order valence-electron chi connectivity index (χ0n) is 15.5. The van der Waals surface area contributed by atoms with Gasteiger partial charge in [-0.2, -0.15) is 0 Å². The molecule has 6 nitrogen and oxygen atoms in total. The molecule has 0 aliphatic rings. The molecule has 27 heavy (non-hydrogen) atoms. The number of benzene rings is 2. The van der Waals surface area contributed by atoms with E-state index in [1.807, 2.05) is 49.4 Å². The van der Waals surface area contributed by atoms with Gasteiger partial charge in [-0.3, -0.25) is 10.1 Å². The van der Waals surface area contributed by atoms with Crippen LogP contribution in [0.5, 0.6) is 11.5 Å². The Morgan fingerprint density at radius 1 is 1.22 bits per heavy atom. The molecule has 0 fully saturated rings. The van der Waals surface area contributed by atoms with Crippen LogP contribution in [-0.4, -0.2) is 30.7 Å². The molecule has 0 aliphatic heterocycles. The summed E-state index contributed by atoms with van der Waals surface area (Å²) < 4.78 is 17.3. The van der Waals surface area contributed by atoms with Crippen LogP contribution in [0, 0.1) is 0 Å². The molecule has 1 aromatic heterocycles. The molecule has 0 saturated heterocycles. The average Bonchev–Trinajstić information content (AvgIpc) is 3.08. The summed E-state index contributed by atoms with van der Waals surface area (Å²) in [5, 5.41) is 3.36. The molecule has 1 amide bonds. The van der Waals surface area contributed by atoms with Gasteiger partial charge in [-0.15, -0.1) is 0 Å². The van der Waals surface area contributed by atoms with Crippen LogP contribution in [0.2, 0.25) is 0 Å². The van der Waals surface area contributed by atoms with E-state index in [4.69, 9.17) is 14.2 Å². The summed E-state index contributed by atoms with van der Waals surface area (Å²) in [6.45, 7) is 4.59. The molecule has 1 N–H and O–H groups in total. The first kappa shape index (κ1) is 19.1. The Labute approximate surface area is 162 Å². The standard InChI is InChI=1S/C20H22N2O4S/c1-4-25-16-8-9-17-18(11-16)27-20(21-17)22-19(23)13(2)26-12-14-6-5-7-15(10-14)24-3/h5-11,13H,4,12H2,1-3H3,(H,21,22,23). The van der Waals surface area contributed by atoms with Crippen molar-refractivity contribution in [3.05, 3.63) is 48.0 Å². The van der Waals surface area contributed by atoms with Gasteiger partial charge in [0.15, 0.2) is 5.13 Å². The fourth-order valence-corrected chi connectivity index (χ4v) is 3.38. The summed E-state index contributed by atoms with van der Waals surface area (Å²) in [4.78, 5) is 16.8. The van der Waals surface area contributed by atoms with E-state index in [9.17, 15) is 4.79 Å². The van der Waals surface area contributed by atoms with Crippen molar-refractivity contribution < 1.29 is 19.0 Å². The lowest BCUT2D eigenvalue weighted by Crippen LogP contribution is -2.27. The number of rotatable bonds is 8. The Morgan fingerprint density at radius 3 is 2.85 bits per heavy atom. The number of hydrogen-bond acceptors (Lipinski definition) is 6. The molecule has 0 spiro atoms. The molecule has 3 aromatic rings. The number of ether oxygens (including phenoxy) is 3. The molecular weight excluding hydrogens is 364 g/mol. The third-order valence-corrected chi connectivity index (χ3v) is 4.84. The van der Waals surface area contributed by atoms with E-state index in [1.165, 1.54) is 11.3 Å². The number of hydrogen-bond donors (Lipinski definition) is 1.